The van der Waals surface area contributed by atoms with E-state index in [-0.39, 0.29) is 5.56 Å². The second-order valence-corrected chi connectivity index (χ2v) is 4.17. The number of carboxylic acids is 1. The molecular weight excluding hydrogens is 272 g/mol. The van der Waals surface area contributed by atoms with Crippen LogP contribution in [0.2, 0.25) is 0 Å². The third kappa shape index (κ3) is 1.76. The molecule has 3 nitrogen and oxygen atoms in total. The van der Waals surface area contributed by atoms with Gasteiger partial charge < -0.3 is 9.84 Å². The quantitative estimate of drug-likeness (QED) is 0.918. The standard InChI is InChI=1S/C12H9BrO3/c1-16-8-5-7-3-2-4-9(12(14)15)11(7)10(13)6-8/h2-6H,1H3,(H,14,15). The molecule has 0 aliphatic heterocycles. The van der Waals surface area contributed by atoms with E-state index in [2.05, 4.69) is 15.9 Å². The highest BCUT2D eigenvalue weighted by molar-refractivity contribution is 9.10. The van der Waals surface area contributed by atoms with Crippen LogP contribution >= 0.6 is 15.9 Å². The van der Waals surface area contributed by atoms with Crippen molar-refractivity contribution in [2.45, 2.75) is 0 Å². The molecule has 16 heavy (non-hydrogen) atoms. The molecule has 0 spiro atoms. The van der Waals surface area contributed by atoms with Crippen LogP contribution in [-0.2, 0) is 0 Å². The fraction of sp³-hybridized carbons (Fsp3) is 0.0833. The average molecular weight is 281 g/mol. The number of halogens is 1. The molecule has 0 aliphatic rings. The van der Waals surface area contributed by atoms with E-state index >= 15 is 0 Å². The maximum absolute atomic E-state index is 11.1. The Morgan fingerprint density at radius 2 is 2.12 bits per heavy atom. The highest BCUT2D eigenvalue weighted by Crippen LogP contribution is 2.31. The van der Waals surface area contributed by atoms with Crippen LogP contribution in [0.3, 0.4) is 0 Å². The van der Waals surface area contributed by atoms with E-state index < -0.39 is 5.97 Å². The summed E-state index contributed by atoms with van der Waals surface area (Å²) in [6, 6.07) is 8.73. The monoisotopic (exact) mass is 280 g/mol. The molecule has 0 amide bonds. The van der Waals surface area contributed by atoms with Crippen LogP contribution in [0, 0.1) is 0 Å². The Balaban J connectivity index is 2.83. The molecule has 2 rings (SSSR count). The lowest BCUT2D eigenvalue weighted by molar-refractivity contribution is 0.0699. The van der Waals surface area contributed by atoms with E-state index in [1.54, 1.807) is 25.3 Å². The third-order valence-electron chi connectivity index (χ3n) is 2.37. The minimum absolute atomic E-state index is 0.284. The Morgan fingerprint density at radius 1 is 1.38 bits per heavy atom. The molecule has 0 aromatic heterocycles. The van der Waals surface area contributed by atoms with Gasteiger partial charge in [-0.2, -0.15) is 0 Å². The highest BCUT2D eigenvalue weighted by Gasteiger charge is 2.11. The maximum Gasteiger partial charge on any atom is 0.336 e. The summed E-state index contributed by atoms with van der Waals surface area (Å²) in [5, 5.41) is 10.6. The molecule has 0 heterocycles. The first-order valence-corrected chi connectivity index (χ1v) is 5.42. The first-order chi connectivity index (χ1) is 7.63. The van der Waals surface area contributed by atoms with Crippen molar-refractivity contribution in [2.24, 2.45) is 0 Å². The van der Waals surface area contributed by atoms with E-state index in [9.17, 15) is 4.79 Å². The summed E-state index contributed by atoms with van der Waals surface area (Å²) in [5.74, 6) is -0.238. The molecule has 0 saturated carbocycles. The second kappa shape index (κ2) is 4.14. The molecule has 0 saturated heterocycles. The molecule has 82 valence electrons. The van der Waals surface area contributed by atoms with Gasteiger partial charge in [0.2, 0.25) is 0 Å². The van der Waals surface area contributed by atoms with Crippen molar-refractivity contribution in [2.75, 3.05) is 7.11 Å². The van der Waals surface area contributed by atoms with Crippen molar-refractivity contribution >= 4 is 32.7 Å². The average Bonchev–Trinajstić information content (AvgIpc) is 2.27. The normalized spacial score (nSPS) is 10.4. The minimum atomic E-state index is -0.934. The summed E-state index contributed by atoms with van der Waals surface area (Å²) in [7, 11) is 1.58. The number of aromatic carboxylic acids is 1. The summed E-state index contributed by atoms with van der Waals surface area (Å²) in [4.78, 5) is 11.1. The number of benzene rings is 2. The molecule has 0 fully saturated rings. The topological polar surface area (TPSA) is 46.5 Å². The molecule has 1 N–H and O–H groups in total. The lowest BCUT2D eigenvalue weighted by Gasteiger charge is -2.07. The summed E-state index contributed by atoms with van der Waals surface area (Å²) >= 11 is 3.36. The van der Waals surface area contributed by atoms with Gasteiger partial charge in [-0.15, -0.1) is 0 Å². The molecule has 0 aliphatic carbocycles. The van der Waals surface area contributed by atoms with Crippen LogP contribution in [0.4, 0.5) is 0 Å². The number of methoxy groups -OCH3 is 1. The lowest BCUT2D eigenvalue weighted by atomic mass is 10.0. The van der Waals surface area contributed by atoms with Crippen molar-refractivity contribution in [1.82, 2.24) is 0 Å². The van der Waals surface area contributed by atoms with Gasteiger partial charge in [0, 0.05) is 9.86 Å². The number of carbonyl (C=O) groups is 1. The van der Waals surface area contributed by atoms with Crippen LogP contribution in [0.1, 0.15) is 10.4 Å². The Bertz CT molecular complexity index is 563. The zero-order chi connectivity index (χ0) is 11.7. The zero-order valence-electron chi connectivity index (χ0n) is 8.53. The van der Waals surface area contributed by atoms with Crippen LogP contribution in [0.25, 0.3) is 10.8 Å². The van der Waals surface area contributed by atoms with E-state index in [0.29, 0.717) is 11.1 Å². The molecule has 2 aromatic carbocycles. The number of carboxylic acid groups (broad SMARTS) is 1. The molecule has 0 bridgehead atoms. The van der Waals surface area contributed by atoms with Crippen LogP contribution < -0.4 is 4.74 Å². The van der Waals surface area contributed by atoms with Gasteiger partial charge in [-0.05, 0) is 39.5 Å². The van der Waals surface area contributed by atoms with Gasteiger partial charge in [-0.1, -0.05) is 12.1 Å². The third-order valence-corrected chi connectivity index (χ3v) is 2.99. The highest BCUT2D eigenvalue weighted by atomic mass is 79.9. The Hall–Kier alpha value is -1.55. The minimum Gasteiger partial charge on any atom is -0.497 e. The van der Waals surface area contributed by atoms with Crippen molar-refractivity contribution in [1.29, 1.82) is 0 Å². The number of rotatable bonds is 2. The Morgan fingerprint density at radius 3 is 2.75 bits per heavy atom. The summed E-state index contributed by atoms with van der Waals surface area (Å²) in [5.41, 5.74) is 0.284. The van der Waals surface area contributed by atoms with Crippen molar-refractivity contribution in [3.05, 3.63) is 40.4 Å². The van der Waals surface area contributed by atoms with Gasteiger partial charge in [0.1, 0.15) is 5.75 Å². The summed E-state index contributed by atoms with van der Waals surface area (Å²) < 4.78 is 5.85. The SMILES string of the molecule is COc1cc(Br)c2c(C(=O)O)cccc2c1. The Kier molecular flexibility index (Phi) is 2.83. The predicted octanol–water partition coefficient (Wildman–Crippen LogP) is 3.31. The number of ether oxygens (including phenoxy) is 1. The van der Waals surface area contributed by atoms with Crippen molar-refractivity contribution < 1.29 is 14.6 Å². The summed E-state index contributed by atoms with van der Waals surface area (Å²) in [6.45, 7) is 0. The number of hydrogen-bond donors (Lipinski definition) is 1. The van der Waals surface area contributed by atoms with Gasteiger partial charge in [0.25, 0.3) is 0 Å². The van der Waals surface area contributed by atoms with Crippen molar-refractivity contribution in [3.63, 3.8) is 0 Å². The van der Waals surface area contributed by atoms with Crippen LogP contribution in [0.15, 0.2) is 34.8 Å². The van der Waals surface area contributed by atoms with Gasteiger partial charge in [-0.25, -0.2) is 4.79 Å². The van der Waals surface area contributed by atoms with Gasteiger partial charge >= 0.3 is 5.97 Å². The molecular formula is C12H9BrO3. The number of fused-ring (bicyclic) bond motifs is 1. The first-order valence-electron chi connectivity index (χ1n) is 4.63. The predicted molar refractivity (Wildman–Crippen MR) is 65.2 cm³/mol. The Labute approximate surface area is 101 Å². The largest absolute Gasteiger partial charge is 0.497 e. The molecule has 0 radical (unpaired) electrons. The van der Waals surface area contributed by atoms with Crippen LogP contribution in [-0.4, -0.2) is 18.2 Å². The fourth-order valence-electron chi connectivity index (χ4n) is 1.65. The molecule has 0 unspecified atom stereocenters. The molecule has 0 atom stereocenters. The second-order valence-electron chi connectivity index (χ2n) is 3.32. The van der Waals surface area contributed by atoms with Gasteiger partial charge in [-0.3, -0.25) is 0 Å². The van der Waals surface area contributed by atoms with Gasteiger partial charge in [0.05, 0.1) is 12.7 Å². The molecule has 2 aromatic rings. The van der Waals surface area contributed by atoms with Gasteiger partial charge in [0.15, 0.2) is 0 Å². The lowest BCUT2D eigenvalue weighted by Crippen LogP contribution is -1.98. The van der Waals surface area contributed by atoms with Crippen LogP contribution in [0.5, 0.6) is 5.75 Å². The van der Waals surface area contributed by atoms with E-state index in [1.807, 2.05) is 12.1 Å². The van der Waals surface area contributed by atoms with Crippen molar-refractivity contribution in [3.8, 4) is 5.75 Å². The smallest absolute Gasteiger partial charge is 0.336 e. The molecule has 4 heteroatoms. The number of hydrogen-bond acceptors (Lipinski definition) is 2. The maximum atomic E-state index is 11.1. The van der Waals surface area contributed by atoms with E-state index in [1.165, 1.54) is 0 Å². The first kappa shape index (κ1) is 11.0. The van der Waals surface area contributed by atoms with E-state index in [4.69, 9.17) is 9.84 Å². The zero-order valence-corrected chi connectivity index (χ0v) is 10.1. The fourth-order valence-corrected chi connectivity index (χ4v) is 2.31. The summed E-state index contributed by atoms with van der Waals surface area (Å²) in [6.07, 6.45) is 0. The van der Waals surface area contributed by atoms with E-state index in [0.717, 1.165) is 9.86 Å².